The molecule has 0 fully saturated rings. The molecule has 0 amide bonds. The Hall–Kier alpha value is -0.340. The SMILES string of the molecule is CCCC[N+](CCCC)(CCCC)CCCC.N.O=S(=O)(O)O.O=S(=O)([O-])O. The van der Waals surface area contributed by atoms with Crippen LogP contribution in [0, 0.1) is 0 Å². The molecule has 0 saturated carbocycles. The van der Waals surface area contributed by atoms with Crippen LogP contribution in [0.3, 0.4) is 0 Å². The Kier molecular flexibility index (Phi) is 25.0. The number of hydrogen-bond acceptors (Lipinski definition) is 6. The number of nitrogens with zero attached hydrogens (tertiary/aromatic N) is 1. The van der Waals surface area contributed by atoms with Gasteiger partial charge in [-0.2, -0.15) is 8.42 Å². The van der Waals surface area contributed by atoms with Gasteiger partial charge in [0.2, 0.25) is 10.4 Å². The second-order valence-corrected chi connectivity index (χ2v) is 8.28. The Morgan fingerprint density at radius 2 is 0.786 bits per heavy atom. The van der Waals surface area contributed by atoms with E-state index >= 15 is 0 Å². The lowest BCUT2D eigenvalue weighted by Gasteiger charge is -2.39. The zero-order chi connectivity index (χ0) is 22.0. The standard InChI is InChI=1S/C16H36N.H3N.2H2O4S/c1-5-9-13-17(14-10-6-2,15-11-7-3)16-12-8-4;;2*1-5(2,3)4/h5-16H2,1-4H3;1H3;2*(H2,1,2,3,4)/q+1;;;/p-1. The van der Waals surface area contributed by atoms with Crippen LogP contribution < -0.4 is 6.15 Å². The number of quaternary nitrogens is 1. The Morgan fingerprint density at radius 1 is 0.643 bits per heavy atom. The van der Waals surface area contributed by atoms with E-state index in [4.69, 9.17) is 35.0 Å². The minimum atomic E-state index is -4.92. The molecular weight excluding hydrogens is 412 g/mol. The van der Waals surface area contributed by atoms with E-state index in [1.165, 1.54) is 82.0 Å². The van der Waals surface area contributed by atoms with Crippen LogP contribution in [0.4, 0.5) is 0 Å². The van der Waals surface area contributed by atoms with E-state index in [2.05, 4.69) is 27.7 Å². The van der Waals surface area contributed by atoms with Gasteiger partial charge in [0.05, 0.1) is 26.2 Å². The fourth-order valence-electron chi connectivity index (χ4n) is 2.64. The van der Waals surface area contributed by atoms with Crippen LogP contribution >= 0.6 is 0 Å². The summed E-state index contributed by atoms with van der Waals surface area (Å²) >= 11 is 0. The summed E-state index contributed by atoms with van der Waals surface area (Å²) in [7, 11) is -9.58. The first-order valence-electron chi connectivity index (χ1n) is 9.47. The van der Waals surface area contributed by atoms with Crippen molar-refractivity contribution in [3.8, 4) is 0 Å². The van der Waals surface area contributed by atoms with Gasteiger partial charge in [0.1, 0.15) is 0 Å². The van der Waals surface area contributed by atoms with E-state index in [-0.39, 0.29) is 6.15 Å². The minimum Gasteiger partial charge on any atom is -0.726 e. The van der Waals surface area contributed by atoms with Crippen LogP contribution in [0.15, 0.2) is 0 Å². The second-order valence-electron chi connectivity index (χ2n) is 6.53. The Labute approximate surface area is 172 Å². The zero-order valence-electron chi connectivity index (χ0n) is 17.8. The first-order chi connectivity index (χ1) is 12.2. The van der Waals surface area contributed by atoms with E-state index in [0.29, 0.717) is 0 Å². The summed E-state index contributed by atoms with van der Waals surface area (Å²) in [6.07, 6.45) is 11.1. The van der Waals surface area contributed by atoms with Gasteiger partial charge in [-0.25, -0.2) is 8.42 Å². The van der Waals surface area contributed by atoms with Gasteiger partial charge in [0.15, 0.2) is 0 Å². The van der Waals surface area contributed by atoms with Gasteiger partial charge >= 0.3 is 10.4 Å². The third kappa shape index (κ3) is 40.4. The van der Waals surface area contributed by atoms with Gasteiger partial charge < -0.3 is 15.2 Å². The molecule has 0 bridgehead atoms. The van der Waals surface area contributed by atoms with Crippen LogP contribution in [-0.2, 0) is 20.8 Å². The third-order valence-electron chi connectivity index (χ3n) is 3.94. The summed E-state index contributed by atoms with van der Waals surface area (Å²) in [5, 5.41) is 0. The van der Waals surface area contributed by atoms with Crippen molar-refractivity contribution in [2.45, 2.75) is 79.1 Å². The lowest BCUT2D eigenvalue weighted by Crippen LogP contribution is -2.50. The van der Waals surface area contributed by atoms with E-state index in [1.807, 2.05) is 0 Å². The molecule has 0 aromatic rings. The molecule has 0 spiro atoms. The van der Waals surface area contributed by atoms with Crippen molar-refractivity contribution in [3.05, 3.63) is 0 Å². The fourth-order valence-corrected chi connectivity index (χ4v) is 2.64. The molecule has 0 aliphatic carbocycles. The highest BCUT2D eigenvalue weighted by molar-refractivity contribution is 7.80. The normalized spacial score (nSPS) is 11.4. The van der Waals surface area contributed by atoms with Crippen molar-refractivity contribution >= 4 is 20.8 Å². The molecule has 0 unspecified atom stereocenters. The maximum Gasteiger partial charge on any atom is 0.394 e. The Balaban J connectivity index is -0.000000216. The topological polar surface area (TPSA) is 187 Å². The van der Waals surface area contributed by atoms with Crippen LogP contribution in [0.25, 0.3) is 0 Å². The van der Waals surface area contributed by atoms with Gasteiger partial charge in [-0.1, -0.05) is 53.4 Å². The molecule has 6 N–H and O–H groups in total. The summed E-state index contributed by atoms with van der Waals surface area (Å²) in [5.74, 6) is 0. The average Bonchev–Trinajstić information content (AvgIpc) is 2.50. The maximum atomic E-state index is 8.74. The van der Waals surface area contributed by atoms with Gasteiger partial charge in [0.25, 0.3) is 0 Å². The molecule has 10 nitrogen and oxygen atoms in total. The molecule has 0 aliphatic heterocycles. The fraction of sp³-hybridized carbons (Fsp3) is 1.00. The molecule has 0 aliphatic rings. The van der Waals surface area contributed by atoms with E-state index in [1.54, 1.807) is 0 Å². The molecule has 12 heteroatoms. The Morgan fingerprint density at radius 3 is 0.893 bits per heavy atom. The molecule has 0 heterocycles. The van der Waals surface area contributed by atoms with Crippen molar-refractivity contribution < 1.29 is 39.5 Å². The van der Waals surface area contributed by atoms with Crippen LogP contribution in [0.2, 0.25) is 0 Å². The van der Waals surface area contributed by atoms with Crippen LogP contribution in [-0.4, -0.2) is 65.7 Å². The molecule has 28 heavy (non-hydrogen) atoms. The molecule has 0 aromatic heterocycles. The van der Waals surface area contributed by atoms with Crippen molar-refractivity contribution in [2.24, 2.45) is 0 Å². The quantitative estimate of drug-likeness (QED) is 0.194. The van der Waals surface area contributed by atoms with Gasteiger partial charge in [-0.05, 0) is 25.7 Å². The maximum absolute atomic E-state index is 8.74. The van der Waals surface area contributed by atoms with E-state index in [9.17, 15) is 0 Å². The molecule has 176 valence electrons. The highest BCUT2D eigenvalue weighted by Crippen LogP contribution is 2.16. The Bertz CT molecular complexity index is 441. The van der Waals surface area contributed by atoms with Crippen molar-refractivity contribution in [3.63, 3.8) is 0 Å². The lowest BCUT2D eigenvalue weighted by molar-refractivity contribution is -0.929. The molecule has 0 rings (SSSR count). The average molecular weight is 455 g/mol. The zero-order valence-corrected chi connectivity index (χ0v) is 19.5. The van der Waals surface area contributed by atoms with Crippen molar-refractivity contribution in [1.29, 1.82) is 0 Å². The molecule has 0 radical (unpaired) electrons. The second kappa shape index (κ2) is 20.0. The van der Waals surface area contributed by atoms with Gasteiger partial charge in [0, 0.05) is 0 Å². The number of rotatable bonds is 12. The predicted octanol–water partition coefficient (Wildman–Crippen LogP) is 3.52. The molecule has 0 saturated heterocycles. The largest absolute Gasteiger partial charge is 0.726 e. The van der Waals surface area contributed by atoms with Gasteiger partial charge in [-0.15, -0.1) is 0 Å². The summed E-state index contributed by atoms with van der Waals surface area (Å²) in [6.45, 7) is 15.0. The first-order valence-corrected chi connectivity index (χ1v) is 12.2. The van der Waals surface area contributed by atoms with E-state index < -0.39 is 20.8 Å². The smallest absolute Gasteiger partial charge is 0.394 e. The molecule has 0 atom stereocenters. The minimum absolute atomic E-state index is 0. The number of hydrogen-bond donors (Lipinski definition) is 4. The summed E-state index contributed by atoms with van der Waals surface area (Å²) in [4.78, 5) is 0. The summed E-state index contributed by atoms with van der Waals surface area (Å²) < 4.78 is 65.8. The highest BCUT2D eigenvalue weighted by atomic mass is 32.3. The lowest BCUT2D eigenvalue weighted by atomic mass is 10.1. The van der Waals surface area contributed by atoms with Crippen LogP contribution in [0.5, 0.6) is 0 Å². The third-order valence-corrected chi connectivity index (χ3v) is 3.94. The summed E-state index contributed by atoms with van der Waals surface area (Å²) in [5.41, 5.74) is 0. The summed E-state index contributed by atoms with van der Waals surface area (Å²) in [6, 6.07) is 0. The van der Waals surface area contributed by atoms with Crippen molar-refractivity contribution in [1.82, 2.24) is 6.15 Å². The van der Waals surface area contributed by atoms with E-state index in [0.717, 1.165) is 0 Å². The monoisotopic (exact) mass is 454 g/mol. The van der Waals surface area contributed by atoms with Crippen LogP contribution in [0.1, 0.15) is 79.1 Å². The number of unbranched alkanes of at least 4 members (excludes halogenated alkanes) is 4. The highest BCUT2D eigenvalue weighted by Gasteiger charge is 2.24. The predicted molar refractivity (Wildman–Crippen MR) is 111 cm³/mol. The molecular formula is C16H42N2O8S2. The first kappa shape index (κ1) is 35.1. The van der Waals surface area contributed by atoms with Crippen molar-refractivity contribution in [2.75, 3.05) is 26.2 Å². The van der Waals surface area contributed by atoms with Gasteiger partial charge in [-0.3, -0.25) is 13.7 Å². The molecule has 0 aromatic carbocycles.